The number of carbonyl (C=O) groups is 4. The fourth-order valence-corrected chi connectivity index (χ4v) is 3.15. The Kier molecular flexibility index (Phi) is 13.1. The summed E-state index contributed by atoms with van der Waals surface area (Å²) in [6.07, 6.45) is 2.16. The Morgan fingerprint density at radius 1 is 1.26 bits per heavy atom. The highest BCUT2D eigenvalue weighted by atomic mass is 32.2. The van der Waals surface area contributed by atoms with E-state index < -0.39 is 35.7 Å². The predicted octanol–water partition coefficient (Wildman–Crippen LogP) is 0.738. The number of rotatable bonds is 10. The van der Waals surface area contributed by atoms with Gasteiger partial charge in [-0.15, -0.1) is 11.3 Å². The summed E-state index contributed by atoms with van der Waals surface area (Å²) in [6, 6.07) is 2.72. The zero-order valence-electron chi connectivity index (χ0n) is 14.9. The van der Waals surface area contributed by atoms with Gasteiger partial charge in [0.05, 0.1) is 10.1 Å². The van der Waals surface area contributed by atoms with E-state index in [1.54, 1.807) is 24.4 Å². The molecule has 0 saturated heterocycles. The average molecular weight is 420 g/mol. The molecule has 0 aromatic carbocycles. The van der Waals surface area contributed by atoms with Gasteiger partial charge in [0.1, 0.15) is 12.6 Å². The third-order valence-corrected chi connectivity index (χ3v) is 5.08. The Balaban J connectivity index is 0.000000580. The molecule has 1 rings (SSSR count). The summed E-state index contributed by atoms with van der Waals surface area (Å²) in [5.74, 6) is -2.50. The summed E-state index contributed by atoms with van der Waals surface area (Å²) in [6.45, 7) is 1.73. The number of aliphatic carboxylic acids is 2. The third-order valence-electron chi connectivity index (χ3n) is 3.08. The van der Waals surface area contributed by atoms with E-state index in [0.717, 1.165) is 24.6 Å². The first-order valence-electron chi connectivity index (χ1n) is 8.11. The van der Waals surface area contributed by atoms with Crippen LogP contribution in [0.25, 0.3) is 0 Å². The van der Waals surface area contributed by atoms with Crippen molar-refractivity contribution in [2.24, 2.45) is 11.5 Å². The van der Waals surface area contributed by atoms with Crippen LogP contribution in [-0.2, 0) is 14.4 Å². The Morgan fingerprint density at radius 3 is 2.41 bits per heavy atom. The second-order valence-electron chi connectivity index (χ2n) is 5.37. The van der Waals surface area contributed by atoms with Gasteiger partial charge >= 0.3 is 11.9 Å². The highest BCUT2D eigenvalue weighted by Gasteiger charge is 2.19. The molecule has 1 aromatic heterocycles. The molecule has 2 unspecified atom stereocenters. The lowest BCUT2D eigenvalue weighted by atomic mass is 10.1. The summed E-state index contributed by atoms with van der Waals surface area (Å²) in [5.41, 5.74) is 10.4. The second kappa shape index (κ2) is 14.2. The van der Waals surface area contributed by atoms with Crippen molar-refractivity contribution >= 4 is 46.1 Å². The highest BCUT2D eigenvalue weighted by molar-refractivity contribution is 8.15. The normalized spacial score (nSPS) is 12.3. The van der Waals surface area contributed by atoms with E-state index >= 15 is 0 Å². The molecule has 1 aromatic rings. The average Bonchev–Trinajstić information content (AvgIpc) is 3.14. The fraction of sp³-hybridized carbons (Fsp3) is 0.500. The molecule has 152 valence electrons. The van der Waals surface area contributed by atoms with Crippen LogP contribution in [0.5, 0.6) is 0 Å². The minimum absolute atomic E-state index is 0.182. The largest absolute Gasteiger partial charge is 0.480 e. The summed E-state index contributed by atoms with van der Waals surface area (Å²) < 4.78 is 0. The maximum absolute atomic E-state index is 11.6. The maximum atomic E-state index is 11.6. The van der Waals surface area contributed by atoms with Crippen molar-refractivity contribution in [3.8, 4) is 0 Å². The Hall–Kier alpha value is -1.95. The summed E-state index contributed by atoms with van der Waals surface area (Å²) in [4.78, 5) is 44.0. The summed E-state index contributed by atoms with van der Waals surface area (Å²) in [7, 11) is 0. The van der Waals surface area contributed by atoms with Gasteiger partial charge in [-0.2, -0.15) is 0 Å². The molecule has 0 aliphatic carbocycles. The number of hydrogen-bond donors (Lipinski definition) is 5. The van der Waals surface area contributed by atoms with Crippen LogP contribution in [0.4, 0.5) is 0 Å². The van der Waals surface area contributed by atoms with Gasteiger partial charge < -0.3 is 27.0 Å². The van der Waals surface area contributed by atoms with Crippen molar-refractivity contribution in [1.82, 2.24) is 5.32 Å². The predicted molar refractivity (Wildman–Crippen MR) is 105 cm³/mol. The number of hydrogen-bond acceptors (Lipinski definition) is 8. The molecule has 0 radical (unpaired) electrons. The smallest absolute Gasteiger partial charge is 0.322 e. The number of amides is 1. The molecular formula is C16H25N3O6S2. The van der Waals surface area contributed by atoms with E-state index in [1.807, 2.05) is 0 Å². The van der Waals surface area contributed by atoms with Gasteiger partial charge in [0, 0.05) is 0 Å². The standard InChI is InChI=1S/C10H11NO4S2.C6H14N2O2/c1-6(9(14)11-5-8(12)13)17-10(15)7-3-2-4-16-7;7-4-2-1-3-5(8)6(9)10/h2-4,6H,5H2,1H3,(H,11,14)(H,12,13);5H,1-4,7-8H2,(H,9,10). The molecule has 0 spiro atoms. The van der Waals surface area contributed by atoms with Crippen molar-refractivity contribution in [3.05, 3.63) is 22.4 Å². The van der Waals surface area contributed by atoms with Gasteiger partial charge in [-0.1, -0.05) is 24.2 Å². The van der Waals surface area contributed by atoms with E-state index in [4.69, 9.17) is 21.7 Å². The van der Waals surface area contributed by atoms with Gasteiger partial charge in [0.15, 0.2) is 0 Å². The lowest BCUT2D eigenvalue weighted by Crippen LogP contribution is -2.35. The van der Waals surface area contributed by atoms with Gasteiger partial charge in [-0.25, -0.2) is 0 Å². The number of carboxylic acid groups (broad SMARTS) is 2. The Morgan fingerprint density at radius 2 is 1.93 bits per heavy atom. The maximum Gasteiger partial charge on any atom is 0.322 e. The van der Waals surface area contributed by atoms with Crippen LogP contribution in [0.3, 0.4) is 0 Å². The van der Waals surface area contributed by atoms with Crippen molar-refractivity contribution in [2.45, 2.75) is 37.5 Å². The van der Waals surface area contributed by atoms with Gasteiger partial charge in [-0.3, -0.25) is 19.2 Å². The van der Waals surface area contributed by atoms with E-state index in [-0.39, 0.29) is 5.12 Å². The van der Waals surface area contributed by atoms with E-state index in [0.29, 0.717) is 17.8 Å². The van der Waals surface area contributed by atoms with E-state index in [1.165, 1.54) is 11.3 Å². The minimum Gasteiger partial charge on any atom is -0.480 e. The lowest BCUT2D eigenvalue weighted by molar-refractivity contribution is -0.139. The molecule has 0 bridgehead atoms. The molecule has 0 aliphatic heterocycles. The molecule has 7 N–H and O–H groups in total. The van der Waals surface area contributed by atoms with Crippen molar-refractivity contribution in [1.29, 1.82) is 0 Å². The zero-order chi connectivity index (χ0) is 20.8. The number of nitrogens with two attached hydrogens (primary N) is 2. The van der Waals surface area contributed by atoms with Gasteiger partial charge in [-0.05, 0) is 37.8 Å². The zero-order valence-corrected chi connectivity index (χ0v) is 16.6. The second-order valence-corrected chi connectivity index (χ2v) is 7.63. The molecule has 2 atom stereocenters. The molecule has 0 fully saturated rings. The molecule has 11 heteroatoms. The fourth-order valence-electron chi connectivity index (χ4n) is 1.61. The molecule has 0 saturated carbocycles. The molecule has 1 heterocycles. The first-order valence-corrected chi connectivity index (χ1v) is 9.87. The van der Waals surface area contributed by atoms with Crippen LogP contribution in [0.15, 0.2) is 17.5 Å². The highest BCUT2D eigenvalue weighted by Crippen LogP contribution is 2.21. The Labute approximate surface area is 165 Å². The molecule has 1 amide bonds. The number of carboxylic acids is 2. The number of thioether (sulfide) groups is 1. The van der Waals surface area contributed by atoms with E-state index in [2.05, 4.69) is 5.32 Å². The van der Waals surface area contributed by atoms with Crippen LogP contribution in [0, 0.1) is 0 Å². The lowest BCUT2D eigenvalue weighted by Gasteiger charge is -2.08. The summed E-state index contributed by atoms with van der Waals surface area (Å²) >= 11 is 2.19. The molecular weight excluding hydrogens is 394 g/mol. The van der Waals surface area contributed by atoms with Crippen LogP contribution < -0.4 is 16.8 Å². The van der Waals surface area contributed by atoms with Crippen LogP contribution in [0.1, 0.15) is 35.9 Å². The van der Waals surface area contributed by atoms with E-state index in [9.17, 15) is 19.2 Å². The first kappa shape index (κ1) is 25.1. The van der Waals surface area contributed by atoms with Gasteiger partial charge in [0.2, 0.25) is 11.0 Å². The van der Waals surface area contributed by atoms with Crippen molar-refractivity contribution < 1.29 is 29.4 Å². The Bertz CT molecular complexity index is 609. The van der Waals surface area contributed by atoms with Crippen molar-refractivity contribution in [2.75, 3.05) is 13.1 Å². The third kappa shape index (κ3) is 12.1. The number of nitrogens with one attached hydrogen (secondary N) is 1. The number of unbranched alkanes of at least 4 members (excludes halogenated alkanes) is 1. The molecule has 27 heavy (non-hydrogen) atoms. The first-order chi connectivity index (χ1) is 12.7. The van der Waals surface area contributed by atoms with Crippen molar-refractivity contribution in [3.63, 3.8) is 0 Å². The van der Waals surface area contributed by atoms with Crippen LogP contribution >= 0.6 is 23.1 Å². The number of carbonyl (C=O) groups excluding carboxylic acids is 2. The topological polar surface area (TPSA) is 173 Å². The quantitative estimate of drug-likeness (QED) is 0.343. The number of thiophene rings is 1. The van der Waals surface area contributed by atoms with Crippen LogP contribution in [0.2, 0.25) is 0 Å². The molecule has 9 nitrogen and oxygen atoms in total. The summed E-state index contributed by atoms with van der Waals surface area (Å²) in [5, 5.41) is 19.9. The SMILES string of the molecule is CC(SC(=O)c1cccs1)C(=O)NCC(=O)O.NCCCCC(N)C(=O)O. The minimum atomic E-state index is -1.11. The van der Waals surface area contributed by atoms with Gasteiger partial charge in [0.25, 0.3) is 0 Å². The van der Waals surface area contributed by atoms with Crippen LogP contribution in [-0.4, -0.2) is 57.6 Å². The monoisotopic (exact) mass is 419 g/mol. The molecule has 0 aliphatic rings.